The number of aliphatic carboxylic acids is 1. The summed E-state index contributed by atoms with van der Waals surface area (Å²) in [5.41, 5.74) is 1.68. The highest BCUT2D eigenvalue weighted by atomic mass is 16.4. The van der Waals surface area contributed by atoms with E-state index in [0.29, 0.717) is 17.0 Å². The quantitative estimate of drug-likeness (QED) is 0.818. The molecule has 0 bridgehead atoms. The number of hydrogen-bond donors (Lipinski definition) is 2. The summed E-state index contributed by atoms with van der Waals surface area (Å²) < 4.78 is 1.78. The Morgan fingerprint density at radius 3 is 2.50 bits per heavy atom. The van der Waals surface area contributed by atoms with Crippen molar-refractivity contribution < 1.29 is 14.7 Å². The number of rotatable bonds is 7. The van der Waals surface area contributed by atoms with Gasteiger partial charge < -0.3 is 10.4 Å². The van der Waals surface area contributed by atoms with Crippen molar-refractivity contribution in [3.63, 3.8) is 0 Å². The number of carbonyl (C=O) groups is 2. The van der Waals surface area contributed by atoms with Gasteiger partial charge in [-0.15, -0.1) is 0 Å². The summed E-state index contributed by atoms with van der Waals surface area (Å²) in [6.45, 7) is 6.81. The average Bonchev–Trinajstić information content (AvgIpc) is 2.92. The number of aryl methyl sites for hydroxylation is 1. The fourth-order valence-electron chi connectivity index (χ4n) is 2.42. The maximum absolute atomic E-state index is 12.5. The van der Waals surface area contributed by atoms with Crippen LogP contribution in [0.3, 0.4) is 0 Å². The molecule has 0 aliphatic heterocycles. The van der Waals surface area contributed by atoms with E-state index in [2.05, 4.69) is 24.3 Å². The Bertz CT molecular complexity index is 708. The second-order valence-corrected chi connectivity index (χ2v) is 6.20. The van der Waals surface area contributed by atoms with E-state index >= 15 is 0 Å². The molecule has 0 aliphatic rings. The third-order valence-electron chi connectivity index (χ3n) is 3.92. The number of benzene rings is 1. The summed E-state index contributed by atoms with van der Waals surface area (Å²) in [7, 11) is 0. The van der Waals surface area contributed by atoms with Gasteiger partial charge >= 0.3 is 5.97 Å². The smallest absolute Gasteiger partial charge is 0.330 e. The number of carboxylic acids is 1. The summed E-state index contributed by atoms with van der Waals surface area (Å²) in [5.74, 6) is -0.987. The van der Waals surface area contributed by atoms with Gasteiger partial charge in [-0.25, -0.2) is 4.79 Å². The van der Waals surface area contributed by atoms with Crippen LogP contribution in [-0.4, -0.2) is 26.8 Å². The van der Waals surface area contributed by atoms with Crippen LogP contribution in [0.25, 0.3) is 0 Å². The molecule has 6 heteroatoms. The van der Waals surface area contributed by atoms with E-state index in [1.54, 1.807) is 35.0 Å². The summed E-state index contributed by atoms with van der Waals surface area (Å²) >= 11 is 0. The summed E-state index contributed by atoms with van der Waals surface area (Å²) in [6, 6.07) is 7.56. The molecule has 1 atom stereocenters. The molecule has 0 aliphatic carbocycles. The first kappa shape index (κ1) is 17.7. The van der Waals surface area contributed by atoms with Crippen LogP contribution < -0.4 is 5.32 Å². The van der Waals surface area contributed by atoms with E-state index in [9.17, 15) is 14.7 Å². The van der Waals surface area contributed by atoms with Crippen molar-refractivity contribution >= 4 is 11.9 Å². The molecule has 1 aromatic heterocycles. The number of carboxylic acid groups (broad SMARTS) is 1. The SMILES string of the molecule is Cc1c(C(=O)N[C@H](C(=O)O)c2ccccc2)cnn1CCC(C)C. The van der Waals surface area contributed by atoms with Crippen LogP contribution >= 0.6 is 0 Å². The Balaban J connectivity index is 2.15. The van der Waals surface area contributed by atoms with E-state index in [-0.39, 0.29) is 0 Å². The highest BCUT2D eigenvalue weighted by molar-refractivity contribution is 5.97. The molecule has 128 valence electrons. The zero-order valence-corrected chi connectivity index (χ0v) is 14.2. The maximum Gasteiger partial charge on any atom is 0.330 e. The number of nitrogens with one attached hydrogen (secondary N) is 1. The fraction of sp³-hybridized carbons (Fsp3) is 0.389. The summed E-state index contributed by atoms with van der Waals surface area (Å²) in [6.07, 6.45) is 2.46. The molecule has 1 amide bonds. The van der Waals surface area contributed by atoms with Crippen LogP contribution in [0, 0.1) is 12.8 Å². The lowest BCUT2D eigenvalue weighted by molar-refractivity contribution is -0.139. The first-order valence-electron chi connectivity index (χ1n) is 8.01. The Labute approximate surface area is 141 Å². The molecule has 0 saturated heterocycles. The van der Waals surface area contributed by atoms with E-state index in [4.69, 9.17) is 0 Å². The van der Waals surface area contributed by atoms with Gasteiger partial charge in [-0.05, 0) is 24.8 Å². The first-order valence-corrected chi connectivity index (χ1v) is 8.01. The van der Waals surface area contributed by atoms with Crippen LogP contribution in [-0.2, 0) is 11.3 Å². The fourth-order valence-corrected chi connectivity index (χ4v) is 2.42. The molecule has 0 saturated carbocycles. The normalized spacial score (nSPS) is 12.2. The standard InChI is InChI=1S/C18H23N3O3/c1-12(2)9-10-21-13(3)15(11-19-21)17(22)20-16(18(23)24)14-7-5-4-6-8-14/h4-8,11-12,16H,9-10H2,1-3H3,(H,20,22)(H,23,24)/t16-/m0/s1. The molecule has 24 heavy (non-hydrogen) atoms. The minimum absolute atomic E-state index is 0.404. The van der Waals surface area contributed by atoms with E-state index < -0.39 is 17.9 Å². The zero-order chi connectivity index (χ0) is 17.7. The van der Waals surface area contributed by atoms with Crippen LogP contribution in [0.2, 0.25) is 0 Å². The number of nitrogens with zero attached hydrogens (tertiary/aromatic N) is 2. The summed E-state index contributed by atoms with van der Waals surface area (Å²) in [5, 5.41) is 16.2. The summed E-state index contributed by atoms with van der Waals surface area (Å²) in [4.78, 5) is 24.0. The Morgan fingerprint density at radius 2 is 1.92 bits per heavy atom. The van der Waals surface area contributed by atoms with Crippen molar-refractivity contribution in [1.82, 2.24) is 15.1 Å². The third-order valence-corrected chi connectivity index (χ3v) is 3.92. The van der Waals surface area contributed by atoms with Crippen molar-refractivity contribution in [2.24, 2.45) is 5.92 Å². The highest BCUT2D eigenvalue weighted by Crippen LogP contribution is 2.16. The molecular weight excluding hydrogens is 306 g/mol. The van der Waals surface area contributed by atoms with Gasteiger partial charge in [-0.2, -0.15) is 5.10 Å². The lowest BCUT2D eigenvalue weighted by atomic mass is 10.1. The molecule has 1 aromatic carbocycles. The van der Waals surface area contributed by atoms with Gasteiger partial charge in [-0.3, -0.25) is 9.48 Å². The molecule has 0 unspecified atom stereocenters. The minimum atomic E-state index is -1.10. The Morgan fingerprint density at radius 1 is 1.25 bits per heavy atom. The van der Waals surface area contributed by atoms with Gasteiger partial charge in [-0.1, -0.05) is 44.2 Å². The first-order chi connectivity index (χ1) is 11.4. The number of amides is 1. The largest absolute Gasteiger partial charge is 0.479 e. The molecule has 2 aromatic rings. The van der Waals surface area contributed by atoms with E-state index in [1.807, 2.05) is 6.92 Å². The second kappa shape index (κ2) is 7.77. The van der Waals surface area contributed by atoms with Gasteiger partial charge in [0.05, 0.1) is 11.8 Å². The van der Waals surface area contributed by atoms with Gasteiger partial charge in [0.15, 0.2) is 6.04 Å². The predicted octanol–water partition coefficient (Wildman–Crippen LogP) is 2.79. The van der Waals surface area contributed by atoms with Crippen molar-refractivity contribution in [2.45, 2.75) is 39.8 Å². The monoisotopic (exact) mass is 329 g/mol. The van der Waals surface area contributed by atoms with Crippen molar-refractivity contribution in [3.8, 4) is 0 Å². The van der Waals surface area contributed by atoms with Gasteiger partial charge in [0, 0.05) is 12.2 Å². The van der Waals surface area contributed by atoms with Gasteiger partial charge in [0.25, 0.3) is 5.91 Å². The van der Waals surface area contributed by atoms with Gasteiger partial charge in [0.1, 0.15) is 0 Å². The van der Waals surface area contributed by atoms with Crippen LogP contribution in [0.4, 0.5) is 0 Å². The molecule has 1 heterocycles. The minimum Gasteiger partial charge on any atom is -0.479 e. The van der Waals surface area contributed by atoms with E-state index in [0.717, 1.165) is 18.7 Å². The Hall–Kier alpha value is -2.63. The van der Waals surface area contributed by atoms with E-state index in [1.165, 1.54) is 6.20 Å². The van der Waals surface area contributed by atoms with Crippen LogP contribution in [0.15, 0.2) is 36.5 Å². The number of carbonyl (C=O) groups excluding carboxylic acids is 1. The molecule has 0 fully saturated rings. The number of aromatic nitrogens is 2. The second-order valence-electron chi connectivity index (χ2n) is 6.20. The lowest BCUT2D eigenvalue weighted by Crippen LogP contribution is -2.34. The predicted molar refractivity (Wildman–Crippen MR) is 90.7 cm³/mol. The van der Waals surface area contributed by atoms with Crippen LogP contribution in [0.1, 0.15) is 47.9 Å². The topological polar surface area (TPSA) is 84.2 Å². The highest BCUT2D eigenvalue weighted by Gasteiger charge is 2.24. The molecule has 0 radical (unpaired) electrons. The maximum atomic E-state index is 12.5. The van der Waals surface area contributed by atoms with Crippen molar-refractivity contribution in [1.29, 1.82) is 0 Å². The molecule has 2 N–H and O–H groups in total. The molecule has 6 nitrogen and oxygen atoms in total. The third kappa shape index (κ3) is 4.22. The average molecular weight is 329 g/mol. The van der Waals surface area contributed by atoms with Crippen LogP contribution in [0.5, 0.6) is 0 Å². The van der Waals surface area contributed by atoms with Crippen molar-refractivity contribution in [2.75, 3.05) is 0 Å². The molecule has 0 spiro atoms. The lowest BCUT2D eigenvalue weighted by Gasteiger charge is -2.15. The van der Waals surface area contributed by atoms with Crippen molar-refractivity contribution in [3.05, 3.63) is 53.3 Å². The Kier molecular flexibility index (Phi) is 5.73. The number of hydrogen-bond acceptors (Lipinski definition) is 3. The van der Waals surface area contributed by atoms with Gasteiger partial charge in [0.2, 0.25) is 0 Å². The molecular formula is C18H23N3O3. The zero-order valence-electron chi connectivity index (χ0n) is 14.2. The molecule has 2 rings (SSSR count).